The SMILES string of the molecule is CCOC(=O)C=Cc1ccc(CNC2(C(=O)OC3CCCC3)CCCCC2)cn1. The molecule has 0 spiro atoms. The molecule has 0 unspecified atom stereocenters. The number of carbonyl (C=O) groups excluding carboxylic acids is 2. The highest BCUT2D eigenvalue weighted by Crippen LogP contribution is 2.32. The van der Waals surface area contributed by atoms with Gasteiger partial charge >= 0.3 is 11.9 Å². The van der Waals surface area contributed by atoms with Crippen molar-refractivity contribution in [2.24, 2.45) is 0 Å². The van der Waals surface area contributed by atoms with Crippen LogP contribution in [-0.2, 0) is 25.6 Å². The lowest BCUT2D eigenvalue weighted by atomic mass is 9.81. The molecule has 0 saturated heterocycles. The first kappa shape index (κ1) is 21.5. The molecular formula is C23H32N2O4. The Morgan fingerprint density at radius 1 is 1.17 bits per heavy atom. The van der Waals surface area contributed by atoms with Gasteiger partial charge in [-0.1, -0.05) is 25.3 Å². The minimum atomic E-state index is -0.580. The first-order chi connectivity index (χ1) is 14.1. The number of nitrogens with one attached hydrogen (secondary N) is 1. The number of hydrogen-bond acceptors (Lipinski definition) is 6. The van der Waals surface area contributed by atoms with Gasteiger partial charge in [0.2, 0.25) is 0 Å². The summed E-state index contributed by atoms with van der Waals surface area (Å²) in [5.74, 6) is -0.453. The molecule has 2 fully saturated rings. The van der Waals surface area contributed by atoms with Crippen LogP contribution in [0.15, 0.2) is 24.4 Å². The zero-order valence-electron chi connectivity index (χ0n) is 17.3. The van der Waals surface area contributed by atoms with E-state index in [0.29, 0.717) is 18.8 Å². The largest absolute Gasteiger partial charge is 0.463 e. The summed E-state index contributed by atoms with van der Waals surface area (Å²) in [6.45, 7) is 2.69. The molecule has 2 aliphatic carbocycles. The molecule has 0 radical (unpaired) electrons. The Bertz CT molecular complexity index is 702. The average molecular weight is 401 g/mol. The smallest absolute Gasteiger partial charge is 0.330 e. The van der Waals surface area contributed by atoms with Crippen molar-refractivity contribution in [1.82, 2.24) is 10.3 Å². The molecule has 0 atom stereocenters. The van der Waals surface area contributed by atoms with Gasteiger partial charge in [-0.25, -0.2) is 4.79 Å². The summed E-state index contributed by atoms with van der Waals surface area (Å²) in [5, 5.41) is 3.50. The molecule has 29 heavy (non-hydrogen) atoms. The zero-order chi connectivity index (χ0) is 20.5. The molecule has 2 aliphatic rings. The molecule has 158 valence electrons. The highest BCUT2D eigenvalue weighted by atomic mass is 16.5. The molecule has 0 aliphatic heterocycles. The Morgan fingerprint density at radius 3 is 2.59 bits per heavy atom. The van der Waals surface area contributed by atoms with Crippen LogP contribution in [0.2, 0.25) is 0 Å². The van der Waals surface area contributed by atoms with Crippen LogP contribution in [0.25, 0.3) is 6.08 Å². The maximum atomic E-state index is 13.0. The number of pyridine rings is 1. The Hall–Kier alpha value is -2.21. The van der Waals surface area contributed by atoms with Crippen molar-refractivity contribution >= 4 is 18.0 Å². The van der Waals surface area contributed by atoms with Crippen LogP contribution in [0.4, 0.5) is 0 Å². The monoisotopic (exact) mass is 400 g/mol. The minimum Gasteiger partial charge on any atom is -0.463 e. The van der Waals surface area contributed by atoms with Gasteiger partial charge in [0.15, 0.2) is 0 Å². The lowest BCUT2D eigenvalue weighted by Crippen LogP contribution is -2.54. The summed E-state index contributed by atoms with van der Waals surface area (Å²) in [4.78, 5) is 28.8. The molecule has 0 bridgehead atoms. The molecule has 1 aromatic heterocycles. The molecule has 3 rings (SSSR count). The lowest BCUT2D eigenvalue weighted by Gasteiger charge is -2.36. The molecule has 1 aromatic rings. The average Bonchev–Trinajstić information content (AvgIpc) is 3.25. The third-order valence-electron chi connectivity index (χ3n) is 5.83. The number of rotatable bonds is 8. The summed E-state index contributed by atoms with van der Waals surface area (Å²) in [5.41, 5.74) is 1.11. The van der Waals surface area contributed by atoms with Gasteiger partial charge in [0, 0.05) is 18.8 Å². The number of ether oxygens (including phenoxy) is 2. The normalized spacial score (nSPS) is 19.3. The second-order valence-electron chi connectivity index (χ2n) is 7.98. The van der Waals surface area contributed by atoms with Crippen molar-refractivity contribution in [2.45, 2.75) is 82.9 Å². The maximum absolute atomic E-state index is 13.0. The summed E-state index contributed by atoms with van der Waals surface area (Å²) < 4.78 is 10.7. The van der Waals surface area contributed by atoms with E-state index in [9.17, 15) is 9.59 Å². The highest BCUT2D eigenvalue weighted by Gasteiger charge is 2.41. The van der Waals surface area contributed by atoms with E-state index in [1.165, 1.54) is 12.5 Å². The second-order valence-corrected chi connectivity index (χ2v) is 7.98. The minimum absolute atomic E-state index is 0.0777. The lowest BCUT2D eigenvalue weighted by molar-refractivity contribution is -0.158. The first-order valence-electron chi connectivity index (χ1n) is 10.9. The van der Waals surface area contributed by atoms with Gasteiger partial charge in [0.1, 0.15) is 11.6 Å². The Balaban J connectivity index is 1.58. The summed E-state index contributed by atoms with van der Waals surface area (Å²) in [6.07, 6.45) is 14.1. The van der Waals surface area contributed by atoms with Crippen molar-refractivity contribution in [1.29, 1.82) is 0 Å². The van der Waals surface area contributed by atoms with Crippen LogP contribution < -0.4 is 5.32 Å². The highest BCUT2D eigenvalue weighted by molar-refractivity contribution is 5.86. The quantitative estimate of drug-likeness (QED) is 0.526. The van der Waals surface area contributed by atoms with Crippen molar-refractivity contribution in [2.75, 3.05) is 6.61 Å². The van der Waals surface area contributed by atoms with Crippen molar-refractivity contribution in [3.8, 4) is 0 Å². The molecule has 0 amide bonds. The van der Waals surface area contributed by atoms with E-state index < -0.39 is 5.54 Å². The molecule has 6 heteroatoms. The van der Waals surface area contributed by atoms with E-state index in [1.54, 1.807) is 19.2 Å². The fourth-order valence-electron chi connectivity index (χ4n) is 4.13. The summed E-state index contributed by atoms with van der Waals surface area (Å²) in [6, 6.07) is 3.82. The number of nitrogens with zero attached hydrogens (tertiary/aromatic N) is 1. The molecule has 6 nitrogen and oxygen atoms in total. The molecule has 0 aromatic carbocycles. The molecular weight excluding hydrogens is 368 g/mol. The van der Waals surface area contributed by atoms with Crippen molar-refractivity contribution in [3.63, 3.8) is 0 Å². The Kier molecular flexibility index (Phi) is 7.81. The van der Waals surface area contributed by atoms with E-state index in [4.69, 9.17) is 9.47 Å². The summed E-state index contributed by atoms with van der Waals surface area (Å²) >= 11 is 0. The second kappa shape index (κ2) is 10.5. The first-order valence-corrected chi connectivity index (χ1v) is 10.9. The zero-order valence-corrected chi connectivity index (χ0v) is 17.3. The van der Waals surface area contributed by atoms with Gasteiger partial charge in [-0.3, -0.25) is 15.1 Å². The van der Waals surface area contributed by atoms with Crippen LogP contribution in [0.1, 0.15) is 76.0 Å². The predicted octanol–water partition coefficient (Wildman–Crippen LogP) is 3.94. The fourth-order valence-corrected chi connectivity index (χ4v) is 4.13. The third-order valence-corrected chi connectivity index (χ3v) is 5.83. The predicted molar refractivity (Wildman–Crippen MR) is 111 cm³/mol. The number of esters is 2. The van der Waals surface area contributed by atoms with Gasteiger partial charge in [0.05, 0.1) is 12.3 Å². The number of aromatic nitrogens is 1. The van der Waals surface area contributed by atoms with Crippen LogP contribution >= 0.6 is 0 Å². The van der Waals surface area contributed by atoms with E-state index in [1.807, 2.05) is 12.1 Å². The van der Waals surface area contributed by atoms with Crippen molar-refractivity contribution < 1.29 is 19.1 Å². The Labute approximate surface area is 173 Å². The Morgan fingerprint density at radius 2 is 1.93 bits per heavy atom. The van der Waals surface area contributed by atoms with E-state index >= 15 is 0 Å². The molecule has 1 heterocycles. The molecule has 1 N–H and O–H groups in total. The summed E-state index contributed by atoms with van der Waals surface area (Å²) in [7, 11) is 0. The maximum Gasteiger partial charge on any atom is 0.330 e. The van der Waals surface area contributed by atoms with E-state index in [-0.39, 0.29) is 18.0 Å². The standard InChI is InChI=1S/C23H32N2O4/c1-2-28-21(26)13-12-19-11-10-18(16-24-19)17-25-23(14-6-3-7-15-23)22(27)29-20-8-4-5-9-20/h10-13,16,20,25H,2-9,14-15,17H2,1H3. The van der Waals surface area contributed by atoms with Gasteiger partial charge in [-0.2, -0.15) is 0 Å². The van der Waals surface area contributed by atoms with E-state index in [2.05, 4.69) is 10.3 Å². The third kappa shape index (κ3) is 6.13. The van der Waals surface area contributed by atoms with Crippen LogP contribution in [-0.4, -0.2) is 35.2 Å². The van der Waals surface area contributed by atoms with Crippen molar-refractivity contribution in [3.05, 3.63) is 35.7 Å². The van der Waals surface area contributed by atoms with Gasteiger partial charge in [0.25, 0.3) is 0 Å². The van der Waals surface area contributed by atoms with Gasteiger partial charge in [-0.15, -0.1) is 0 Å². The van der Waals surface area contributed by atoms with Crippen LogP contribution in [0.5, 0.6) is 0 Å². The number of hydrogen-bond donors (Lipinski definition) is 1. The van der Waals surface area contributed by atoms with Crippen LogP contribution in [0.3, 0.4) is 0 Å². The molecule has 2 saturated carbocycles. The van der Waals surface area contributed by atoms with E-state index in [0.717, 1.165) is 56.9 Å². The van der Waals surface area contributed by atoms with Gasteiger partial charge < -0.3 is 9.47 Å². The topological polar surface area (TPSA) is 77.5 Å². The van der Waals surface area contributed by atoms with Crippen LogP contribution in [0, 0.1) is 0 Å². The number of carbonyl (C=O) groups is 2. The van der Waals surface area contributed by atoms with Gasteiger partial charge in [-0.05, 0) is 63.2 Å². The fraction of sp³-hybridized carbons (Fsp3) is 0.609.